The molecule has 1 N–H and O–H groups in total. The maximum Gasteiger partial charge on any atom is 0.257 e. The van der Waals surface area contributed by atoms with Crippen molar-refractivity contribution < 1.29 is 4.79 Å². The third-order valence-corrected chi connectivity index (χ3v) is 2.81. The summed E-state index contributed by atoms with van der Waals surface area (Å²) in [6, 6.07) is 0.367. The normalized spacial score (nSPS) is 22.4. The molecule has 1 aromatic heterocycles. The highest BCUT2D eigenvalue weighted by Crippen LogP contribution is 2.18. The molecule has 4 nitrogen and oxygen atoms in total. The summed E-state index contributed by atoms with van der Waals surface area (Å²) in [5.41, 5.74) is 0.666. The highest BCUT2D eigenvalue weighted by molar-refractivity contribution is 5.93. The Bertz CT molecular complexity index is 307. The number of H-pyrrole nitrogens is 1. The zero-order chi connectivity index (χ0) is 9.97. The molecule has 1 aromatic rings. The van der Waals surface area contributed by atoms with E-state index >= 15 is 0 Å². The highest BCUT2D eigenvalue weighted by Gasteiger charge is 2.24. The number of carbonyl (C=O) groups excluding carboxylic acids is 1. The predicted molar refractivity (Wildman–Crippen MR) is 52.9 cm³/mol. The summed E-state index contributed by atoms with van der Waals surface area (Å²) in [6.45, 7) is 2.99. The van der Waals surface area contributed by atoms with E-state index in [-0.39, 0.29) is 5.91 Å². The SMILES string of the molecule is CC1CCCCN1C(=O)c1cn[nH]c1. The van der Waals surface area contributed by atoms with Gasteiger partial charge in [0.05, 0.1) is 11.8 Å². The average Bonchev–Trinajstić information content (AvgIpc) is 2.70. The van der Waals surface area contributed by atoms with Crippen LogP contribution in [0.5, 0.6) is 0 Å². The molecule has 76 valence electrons. The Balaban J connectivity index is 2.10. The van der Waals surface area contributed by atoms with Crippen LogP contribution < -0.4 is 0 Å². The van der Waals surface area contributed by atoms with E-state index < -0.39 is 0 Å². The van der Waals surface area contributed by atoms with Crippen LogP contribution in [-0.4, -0.2) is 33.6 Å². The van der Waals surface area contributed by atoms with Crippen molar-refractivity contribution in [1.29, 1.82) is 0 Å². The van der Waals surface area contributed by atoms with E-state index in [4.69, 9.17) is 0 Å². The van der Waals surface area contributed by atoms with Crippen LogP contribution in [0.25, 0.3) is 0 Å². The lowest BCUT2D eigenvalue weighted by Crippen LogP contribution is -2.41. The quantitative estimate of drug-likeness (QED) is 0.733. The molecule has 1 atom stereocenters. The molecule has 1 unspecified atom stereocenters. The molecular weight excluding hydrogens is 178 g/mol. The number of aromatic amines is 1. The van der Waals surface area contributed by atoms with Crippen LogP contribution in [0.15, 0.2) is 12.4 Å². The van der Waals surface area contributed by atoms with Gasteiger partial charge in [0.2, 0.25) is 0 Å². The summed E-state index contributed by atoms with van der Waals surface area (Å²) >= 11 is 0. The van der Waals surface area contributed by atoms with Crippen LogP contribution in [0.4, 0.5) is 0 Å². The lowest BCUT2D eigenvalue weighted by Gasteiger charge is -2.33. The van der Waals surface area contributed by atoms with Crippen LogP contribution in [0, 0.1) is 0 Å². The summed E-state index contributed by atoms with van der Waals surface area (Å²) in [7, 11) is 0. The molecule has 0 aliphatic carbocycles. The van der Waals surface area contributed by atoms with Gasteiger partial charge in [-0.05, 0) is 26.2 Å². The smallest absolute Gasteiger partial charge is 0.257 e. The predicted octanol–water partition coefficient (Wildman–Crippen LogP) is 1.42. The van der Waals surface area contributed by atoms with Crippen LogP contribution in [0.1, 0.15) is 36.5 Å². The van der Waals surface area contributed by atoms with Crippen molar-refractivity contribution in [3.63, 3.8) is 0 Å². The van der Waals surface area contributed by atoms with E-state index in [9.17, 15) is 4.79 Å². The monoisotopic (exact) mass is 193 g/mol. The van der Waals surface area contributed by atoms with E-state index in [1.165, 1.54) is 6.42 Å². The first-order valence-electron chi connectivity index (χ1n) is 5.09. The molecule has 1 amide bonds. The molecule has 0 radical (unpaired) electrons. The van der Waals surface area contributed by atoms with Crippen molar-refractivity contribution in [3.05, 3.63) is 18.0 Å². The van der Waals surface area contributed by atoms with Gasteiger partial charge in [0, 0.05) is 18.8 Å². The topological polar surface area (TPSA) is 49.0 Å². The van der Waals surface area contributed by atoms with Gasteiger partial charge in [-0.3, -0.25) is 9.89 Å². The van der Waals surface area contributed by atoms with Gasteiger partial charge < -0.3 is 4.90 Å². The van der Waals surface area contributed by atoms with Crippen molar-refractivity contribution in [2.24, 2.45) is 0 Å². The first-order chi connectivity index (χ1) is 6.79. The van der Waals surface area contributed by atoms with Crippen LogP contribution in [0.2, 0.25) is 0 Å². The minimum Gasteiger partial charge on any atom is -0.336 e. The number of carbonyl (C=O) groups is 1. The Morgan fingerprint density at radius 2 is 2.50 bits per heavy atom. The molecule has 0 bridgehead atoms. The zero-order valence-electron chi connectivity index (χ0n) is 8.36. The third kappa shape index (κ3) is 1.64. The number of hydrogen-bond acceptors (Lipinski definition) is 2. The molecule has 1 fully saturated rings. The largest absolute Gasteiger partial charge is 0.336 e. The lowest BCUT2D eigenvalue weighted by molar-refractivity contribution is 0.0635. The van der Waals surface area contributed by atoms with Gasteiger partial charge in [0.1, 0.15) is 0 Å². The van der Waals surface area contributed by atoms with Crippen LogP contribution in [-0.2, 0) is 0 Å². The fourth-order valence-corrected chi connectivity index (χ4v) is 1.93. The molecule has 0 aromatic carbocycles. The Hall–Kier alpha value is -1.32. The second-order valence-corrected chi connectivity index (χ2v) is 3.83. The number of rotatable bonds is 1. The molecule has 14 heavy (non-hydrogen) atoms. The Morgan fingerprint density at radius 1 is 1.64 bits per heavy atom. The molecule has 2 rings (SSSR count). The number of aromatic nitrogens is 2. The summed E-state index contributed by atoms with van der Waals surface area (Å²) in [4.78, 5) is 13.9. The number of likely N-dealkylation sites (tertiary alicyclic amines) is 1. The van der Waals surface area contributed by atoms with Crippen LogP contribution in [0.3, 0.4) is 0 Å². The number of hydrogen-bond donors (Lipinski definition) is 1. The van der Waals surface area contributed by atoms with E-state index in [1.54, 1.807) is 12.4 Å². The van der Waals surface area contributed by atoms with Gasteiger partial charge in [-0.15, -0.1) is 0 Å². The summed E-state index contributed by atoms with van der Waals surface area (Å²) in [5, 5.41) is 6.46. The van der Waals surface area contributed by atoms with Crippen LogP contribution >= 0.6 is 0 Å². The minimum absolute atomic E-state index is 0.103. The van der Waals surface area contributed by atoms with Gasteiger partial charge in [0.25, 0.3) is 5.91 Å². The van der Waals surface area contributed by atoms with E-state index in [0.29, 0.717) is 11.6 Å². The van der Waals surface area contributed by atoms with Gasteiger partial charge in [-0.2, -0.15) is 5.10 Å². The van der Waals surface area contributed by atoms with Gasteiger partial charge in [-0.25, -0.2) is 0 Å². The van der Waals surface area contributed by atoms with Crippen molar-refractivity contribution in [3.8, 4) is 0 Å². The molecule has 0 saturated carbocycles. The number of piperidine rings is 1. The maximum absolute atomic E-state index is 11.9. The molecule has 0 spiro atoms. The number of nitrogens with one attached hydrogen (secondary N) is 1. The molecule has 1 saturated heterocycles. The molecule has 2 heterocycles. The van der Waals surface area contributed by atoms with Crippen molar-refractivity contribution >= 4 is 5.91 Å². The number of nitrogens with zero attached hydrogens (tertiary/aromatic N) is 2. The Kier molecular flexibility index (Phi) is 2.52. The van der Waals surface area contributed by atoms with Gasteiger partial charge >= 0.3 is 0 Å². The average molecular weight is 193 g/mol. The fraction of sp³-hybridized carbons (Fsp3) is 0.600. The number of amides is 1. The minimum atomic E-state index is 0.103. The van der Waals surface area contributed by atoms with Gasteiger partial charge in [-0.1, -0.05) is 0 Å². The fourth-order valence-electron chi connectivity index (χ4n) is 1.93. The zero-order valence-corrected chi connectivity index (χ0v) is 8.36. The molecular formula is C10H15N3O. The summed E-state index contributed by atoms with van der Waals surface area (Å²) in [6.07, 6.45) is 6.71. The van der Waals surface area contributed by atoms with E-state index in [1.807, 2.05) is 4.90 Å². The summed E-state index contributed by atoms with van der Waals surface area (Å²) in [5.74, 6) is 0.103. The first kappa shape index (κ1) is 9.24. The summed E-state index contributed by atoms with van der Waals surface area (Å²) < 4.78 is 0. The second kappa shape index (κ2) is 3.82. The lowest BCUT2D eigenvalue weighted by atomic mass is 10.0. The Labute approximate surface area is 83.3 Å². The molecule has 4 heteroatoms. The van der Waals surface area contributed by atoms with Crippen molar-refractivity contribution in [1.82, 2.24) is 15.1 Å². The highest BCUT2D eigenvalue weighted by atomic mass is 16.2. The van der Waals surface area contributed by atoms with Crippen molar-refractivity contribution in [2.75, 3.05) is 6.54 Å². The maximum atomic E-state index is 11.9. The first-order valence-corrected chi connectivity index (χ1v) is 5.09. The Morgan fingerprint density at radius 3 is 3.14 bits per heavy atom. The standard InChI is InChI=1S/C10H15N3O/c1-8-4-2-3-5-13(8)10(14)9-6-11-12-7-9/h6-8H,2-5H2,1H3,(H,11,12). The van der Waals surface area contributed by atoms with Gasteiger partial charge in [0.15, 0.2) is 0 Å². The molecule has 1 aliphatic heterocycles. The third-order valence-electron chi connectivity index (χ3n) is 2.81. The van der Waals surface area contributed by atoms with E-state index in [2.05, 4.69) is 17.1 Å². The molecule has 1 aliphatic rings. The van der Waals surface area contributed by atoms with E-state index in [0.717, 1.165) is 19.4 Å². The second-order valence-electron chi connectivity index (χ2n) is 3.83. The van der Waals surface area contributed by atoms with Crippen molar-refractivity contribution in [2.45, 2.75) is 32.2 Å².